The Labute approximate surface area is 175 Å². The molecular weight excluding hydrogens is 440 g/mol. The van der Waals surface area contributed by atoms with Crippen LogP contribution in [-0.4, -0.2) is 19.4 Å². The average Bonchev–Trinajstić information content (AvgIpc) is 3.39. The number of fused-ring (bicyclic) bond motifs is 1. The highest BCUT2D eigenvalue weighted by molar-refractivity contribution is 7.93. The van der Waals surface area contributed by atoms with Crippen molar-refractivity contribution in [2.45, 2.75) is 31.8 Å². The maximum absolute atomic E-state index is 12.9. The topological polar surface area (TPSA) is 108 Å². The first-order valence-electron chi connectivity index (χ1n) is 8.43. The first-order chi connectivity index (χ1) is 13.8. The zero-order chi connectivity index (χ0) is 20.8. The second-order valence-electron chi connectivity index (χ2n) is 6.46. The summed E-state index contributed by atoms with van der Waals surface area (Å²) in [6, 6.07) is 5.01. The van der Waals surface area contributed by atoms with Gasteiger partial charge in [-0.1, -0.05) is 16.8 Å². The van der Waals surface area contributed by atoms with E-state index in [0.29, 0.717) is 18.1 Å². The van der Waals surface area contributed by atoms with Crippen LogP contribution >= 0.6 is 22.9 Å². The SMILES string of the molecule is Cc1cc2c(cc1CC(=O)c1sccc1S(=O)(=O)Nc1onc(C)c1Cl)COO2. The van der Waals surface area contributed by atoms with Crippen LogP contribution in [0.3, 0.4) is 0 Å². The van der Waals surface area contributed by atoms with Crippen LogP contribution in [0.25, 0.3) is 0 Å². The first kappa shape index (κ1) is 19.9. The molecule has 2 aromatic heterocycles. The van der Waals surface area contributed by atoms with E-state index in [9.17, 15) is 13.2 Å². The number of hydrogen-bond acceptors (Lipinski definition) is 8. The summed E-state index contributed by atoms with van der Waals surface area (Å²) in [6.07, 6.45) is 0.0460. The molecule has 11 heteroatoms. The van der Waals surface area contributed by atoms with Crippen molar-refractivity contribution in [3.05, 3.63) is 55.9 Å². The number of thiophene rings is 1. The molecular formula is C18H15ClN2O6S2. The normalized spacial score (nSPS) is 13.2. The number of benzene rings is 1. The Morgan fingerprint density at radius 2 is 2.14 bits per heavy atom. The van der Waals surface area contributed by atoms with Crippen LogP contribution in [0.5, 0.6) is 5.75 Å². The van der Waals surface area contributed by atoms with Crippen LogP contribution < -0.4 is 9.61 Å². The molecule has 4 rings (SSSR count). The van der Waals surface area contributed by atoms with E-state index in [-0.39, 0.29) is 32.9 Å². The highest BCUT2D eigenvalue weighted by atomic mass is 35.5. The van der Waals surface area contributed by atoms with Gasteiger partial charge in [-0.25, -0.2) is 13.1 Å². The van der Waals surface area contributed by atoms with E-state index in [1.165, 1.54) is 6.07 Å². The Morgan fingerprint density at radius 3 is 2.86 bits per heavy atom. The summed E-state index contributed by atoms with van der Waals surface area (Å²) < 4.78 is 32.7. The van der Waals surface area contributed by atoms with Crippen molar-refractivity contribution in [2.24, 2.45) is 0 Å². The maximum atomic E-state index is 12.9. The Hall–Kier alpha value is -2.40. The summed E-state index contributed by atoms with van der Waals surface area (Å²) in [5.74, 6) is 0.118. The van der Waals surface area contributed by atoms with Gasteiger partial charge < -0.3 is 9.41 Å². The highest BCUT2D eigenvalue weighted by Crippen LogP contribution is 2.32. The second kappa shape index (κ2) is 7.45. The average molecular weight is 455 g/mol. The van der Waals surface area contributed by atoms with Gasteiger partial charge in [0.1, 0.15) is 22.2 Å². The summed E-state index contributed by atoms with van der Waals surface area (Å²) >= 11 is 7.04. The molecule has 0 unspecified atom stereocenters. The van der Waals surface area contributed by atoms with Gasteiger partial charge in [-0.3, -0.25) is 4.79 Å². The number of carbonyl (C=O) groups excluding carboxylic acids is 1. The van der Waals surface area contributed by atoms with Crippen LogP contribution in [-0.2, 0) is 27.9 Å². The lowest BCUT2D eigenvalue weighted by atomic mass is 9.99. The van der Waals surface area contributed by atoms with Crippen molar-refractivity contribution in [1.29, 1.82) is 0 Å². The fraction of sp³-hybridized carbons (Fsp3) is 0.222. The van der Waals surface area contributed by atoms with Gasteiger partial charge in [0.25, 0.3) is 15.9 Å². The Kier molecular flexibility index (Phi) is 5.11. The minimum absolute atomic E-state index is 0.0460. The van der Waals surface area contributed by atoms with Gasteiger partial charge in [0, 0.05) is 12.0 Å². The van der Waals surface area contributed by atoms with Gasteiger partial charge in [0.2, 0.25) is 0 Å². The van der Waals surface area contributed by atoms with E-state index >= 15 is 0 Å². The van der Waals surface area contributed by atoms with E-state index in [1.54, 1.807) is 18.4 Å². The number of anilines is 1. The first-order valence-corrected chi connectivity index (χ1v) is 11.2. The molecule has 0 radical (unpaired) electrons. The van der Waals surface area contributed by atoms with Crippen molar-refractivity contribution < 1.29 is 27.5 Å². The van der Waals surface area contributed by atoms with Crippen molar-refractivity contribution in [3.8, 4) is 5.75 Å². The quantitative estimate of drug-likeness (QED) is 0.442. The summed E-state index contributed by atoms with van der Waals surface area (Å²) in [5.41, 5.74) is 2.83. The lowest BCUT2D eigenvalue weighted by Gasteiger charge is -2.09. The molecule has 1 aromatic carbocycles. The molecule has 3 heterocycles. The lowest BCUT2D eigenvalue weighted by Crippen LogP contribution is -2.16. The number of nitrogens with zero attached hydrogens (tertiary/aromatic N) is 1. The molecule has 0 bridgehead atoms. The number of nitrogens with one attached hydrogen (secondary N) is 1. The molecule has 0 fully saturated rings. The van der Waals surface area contributed by atoms with Crippen LogP contribution in [0.4, 0.5) is 5.88 Å². The molecule has 0 amide bonds. The molecule has 29 heavy (non-hydrogen) atoms. The molecule has 1 aliphatic rings. The Morgan fingerprint density at radius 1 is 1.34 bits per heavy atom. The lowest BCUT2D eigenvalue weighted by molar-refractivity contribution is -0.194. The van der Waals surface area contributed by atoms with E-state index in [1.807, 2.05) is 13.0 Å². The summed E-state index contributed by atoms with van der Waals surface area (Å²) in [6.45, 7) is 3.74. The minimum atomic E-state index is -4.09. The number of ketones is 1. The van der Waals surface area contributed by atoms with E-state index in [2.05, 4.69) is 9.88 Å². The predicted octanol–water partition coefficient (Wildman–Crippen LogP) is 4.06. The number of carbonyl (C=O) groups is 1. The minimum Gasteiger partial charge on any atom is -0.337 e. The van der Waals surface area contributed by atoms with Crippen molar-refractivity contribution >= 4 is 44.6 Å². The molecule has 0 aliphatic carbocycles. The zero-order valence-corrected chi connectivity index (χ0v) is 17.7. The van der Waals surface area contributed by atoms with Gasteiger partial charge in [-0.15, -0.1) is 11.3 Å². The number of sulfonamides is 1. The number of hydrogen-bond donors (Lipinski definition) is 1. The summed E-state index contributed by atoms with van der Waals surface area (Å²) in [5, 5.41) is 5.23. The molecule has 8 nitrogen and oxygen atoms in total. The third-order valence-corrected chi connectivity index (χ3v) is 7.33. The predicted molar refractivity (Wildman–Crippen MR) is 106 cm³/mol. The molecule has 0 saturated carbocycles. The summed E-state index contributed by atoms with van der Waals surface area (Å²) in [4.78, 5) is 22.9. The number of aryl methyl sites for hydroxylation is 2. The van der Waals surface area contributed by atoms with Gasteiger partial charge in [-0.05, 0) is 48.6 Å². The third kappa shape index (κ3) is 3.76. The number of aromatic nitrogens is 1. The number of rotatable bonds is 6. The molecule has 0 spiro atoms. The number of Topliss-reactive ketones (excluding diaryl/α,β-unsaturated/α-hetero) is 1. The molecule has 3 aromatic rings. The zero-order valence-electron chi connectivity index (χ0n) is 15.3. The largest absolute Gasteiger partial charge is 0.337 e. The number of halogens is 1. The maximum Gasteiger partial charge on any atom is 0.265 e. The van der Waals surface area contributed by atoms with Gasteiger partial charge >= 0.3 is 0 Å². The van der Waals surface area contributed by atoms with E-state index in [4.69, 9.17) is 25.9 Å². The van der Waals surface area contributed by atoms with E-state index < -0.39 is 10.0 Å². The second-order valence-corrected chi connectivity index (χ2v) is 9.41. The Bertz CT molecular complexity index is 1220. The van der Waals surface area contributed by atoms with Gasteiger partial charge in [-0.2, -0.15) is 4.89 Å². The third-order valence-electron chi connectivity index (χ3n) is 4.42. The molecule has 1 aliphatic heterocycles. The van der Waals surface area contributed by atoms with Crippen molar-refractivity contribution in [1.82, 2.24) is 5.16 Å². The fourth-order valence-electron chi connectivity index (χ4n) is 2.88. The molecule has 1 N–H and O–H groups in total. The van der Waals surface area contributed by atoms with E-state index in [0.717, 1.165) is 28.0 Å². The van der Waals surface area contributed by atoms with Crippen LogP contribution in [0.1, 0.15) is 32.1 Å². The highest BCUT2D eigenvalue weighted by Gasteiger charge is 2.27. The van der Waals surface area contributed by atoms with Crippen molar-refractivity contribution in [3.63, 3.8) is 0 Å². The van der Waals surface area contributed by atoms with Crippen molar-refractivity contribution in [2.75, 3.05) is 4.72 Å². The molecule has 0 saturated heterocycles. The monoisotopic (exact) mass is 454 g/mol. The van der Waals surface area contributed by atoms with Crippen LogP contribution in [0.2, 0.25) is 5.02 Å². The molecule has 0 atom stereocenters. The van der Waals surface area contributed by atoms with Gasteiger partial charge in [0.15, 0.2) is 11.5 Å². The Balaban J connectivity index is 1.60. The van der Waals surface area contributed by atoms with Crippen LogP contribution in [0.15, 0.2) is 33.0 Å². The molecule has 152 valence electrons. The summed E-state index contributed by atoms with van der Waals surface area (Å²) in [7, 11) is -4.09. The van der Waals surface area contributed by atoms with Crippen LogP contribution in [0, 0.1) is 13.8 Å². The smallest absolute Gasteiger partial charge is 0.265 e. The standard InChI is InChI=1S/C18H15ClN2O6S2/c1-9-5-14-12(8-25-27-14)6-11(9)7-13(22)17-15(3-4-28-17)29(23,24)21-18-16(19)10(2)20-26-18/h3-6,21H,7-8H2,1-2H3. The fourth-order valence-corrected chi connectivity index (χ4v) is 5.44. The van der Waals surface area contributed by atoms with Gasteiger partial charge in [0.05, 0.1) is 4.88 Å².